The summed E-state index contributed by atoms with van der Waals surface area (Å²) in [4.78, 5) is 24.3. The second kappa shape index (κ2) is 13.4. The van der Waals surface area contributed by atoms with Crippen LogP contribution in [0.3, 0.4) is 0 Å². The number of hydrogen-bond acceptors (Lipinski definition) is 9. The van der Waals surface area contributed by atoms with Crippen molar-refractivity contribution in [2.24, 2.45) is 0 Å². The summed E-state index contributed by atoms with van der Waals surface area (Å²) in [6.45, 7) is 1.37. The molecule has 0 aromatic heterocycles. The van der Waals surface area contributed by atoms with Gasteiger partial charge in [0.05, 0.1) is 31.4 Å². The molecule has 0 aliphatic carbocycles. The maximum absolute atomic E-state index is 13.0. The van der Waals surface area contributed by atoms with Crippen molar-refractivity contribution < 1.29 is 41.7 Å². The van der Waals surface area contributed by atoms with Crippen LogP contribution in [0.15, 0.2) is 71.6 Å². The lowest BCUT2D eigenvalue weighted by molar-refractivity contribution is -0.149. The molecule has 0 bridgehead atoms. The van der Waals surface area contributed by atoms with E-state index in [0.29, 0.717) is 41.0 Å². The lowest BCUT2D eigenvalue weighted by Crippen LogP contribution is -2.26. The van der Waals surface area contributed by atoms with E-state index in [1.807, 2.05) is 6.92 Å². The Morgan fingerprint density at radius 3 is 2.05 bits per heavy atom. The van der Waals surface area contributed by atoms with E-state index in [1.54, 1.807) is 42.5 Å². The van der Waals surface area contributed by atoms with Gasteiger partial charge in [-0.3, -0.25) is 9.10 Å². The molecule has 3 rings (SSSR count). The molecule has 0 aliphatic rings. The number of carbonyl (C=O) groups excluding carboxylic acids is 2. The third-order valence-corrected chi connectivity index (χ3v) is 7.18. The van der Waals surface area contributed by atoms with E-state index in [4.69, 9.17) is 23.7 Å². The number of methoxy groups -OCH3 is 2. The number of benzene rings is 3. The van der Waals surface area contributed by atoms with E-state index in [0.717, 1.165) is 4.31 Å². The standard InChI is InChI=1S/C27H30N2O9S/c1-5-36-21-11-13-23(14-12-21)39(32,33)29(2)20-7-9-22(10-8-20)37-18-27(31)38-17-26(30)28-19-6-15-24(34-3)25(16-19)35-4/h6-16H,5,17-18H2,1-4H3,(H,28,30). The fourth-order valence-corrected chi connectivity index (χ4v) is 4.56. The molecular weight excluding hydrogens is 528 g/mol. The second-order valence-electron chi connectivity index (χ2n) is 7.94. The minimum absolute atomic E-state index is 0.117. The van der Waals surface area contributed by atoms with Gasteiger partial charge in [0, 0.05) is 18.8 Å². The molecule has 1 amide bonds. The Morgan fingerprint density at radius 2 is 1.44 bits per heavy atom. The van der Waals surface area contributed by atoms with E-state index in [1.165, 1.54) is 45.5 Å². The number of sulfonamides is 1. The summed E-state index contributed by atoms with van der Waals surface area (Å²) in [6.07, 6.45) is 0. The number of carbonyl (C=O) groups is 2. The largest absolute Gasteiger partial charge is 0.494 e. The molecule has 11 nitrogen and oxygen atoms in total. The molecule has 0 radical (unpaired) electrons. The third-order valence-electron chi connectivity index (χ3n) is 5.38. The van der Waals surface area contributed by atoms with Gasteiger partial charge in [-0.25, -0.2) is 13.2 Å². The van der Waals surface area contributed by atoms with Gasteiger partial charge in [-0.05, 0) is 67.6 Å². The van der Waals surface area contributed by atoms with Gasteiger partial charge in [0.1, 0.15) is 11.5 Å². The van der Waals surface area contributed by atoms with Crippen molar-refractivity contribution in [2.75, 3.05) is 50.7 Å². The van der Waals surface area contributed by atoms with E-state index in [9.17, 15) is 18.0 Å². The normalized spacial score (nSPS) is 10.8. The Morgan fingerprint density at radius 1 is 0.821 bits per heavy atom. The van der Waals surface area contributed by atoms with Crippen LogP contribution < -0.4 is 28.6 Å². The van der Waals surface area contributed by atoms with Crippen LogP contribution in [-0.2, 0) is 24.3 Å². The smallest absolute Gasteiger partial charge is 0.344 e. The highest BCUT2D eigenvalue weighted by Gasteiger charge is 2.21. The van der Waals surface area contributed by atoms with Gasteiger partial charge in [-0.1, -0.05) is 0 Å². The van der Waals surface area contributed by atoms with Crippen LogP contribution >= 0.6 is 0 Å². The van der Waals surface area contributed by atoms with Crippen LogP contribution in [-0.4, -0.2) is 61.4 Å². The SMILES string of the molecule is CCOc1ccc(S(=O)(=O)N(C)c2ccc(OCC(=O)OCC(=O)Nc3ccc(OC)c(OC)c3)cc2)cc1. The first-order valence-electron chi connectivity index (χ1n) is 11.8. The van der Waals surface area contributed by atoms with Gasteiger partial charge >= 0.3 is 5.97 Å². The van der Waals surface area contributed by atoms with Gasteiger partial charge < -0.3 is 29.0 Å². The van der Waals surface area contributed by atoms with Crippen LogP contribution in [0.25, 0.3) is 0 Å². The molecule has 0 unspecified atom stereocenters. The fourth-order valence-electron chi connectivity index (χ4n) is 3.36. The molecule has 0 fully saturated rings. The highest BCUT2D eigenvalue weighted by Crippen LogP contribution is 2.30. The zero-order valence-electron chi connectivity index (χ0n) is 22.0. The molecule has 3 aromatic rings. The Labute approximate surface area is 227 Å². The maximum Gasteiger partial charge on any atom is 0.344 e. The van der Waals surface area contributed by atoms with E-state index in [-0.39, 0.29) is 4.90 Å². The molecule has 0 saturated carbocycles. The number of anilines is 2. The molecular formula is C27H30N2O9S. The predicted molar refractivity (Wildman–Crippen MR) is 144 cm³/mol. The van der Waals surface area contributed by atoms with Crippen molar-refractivity contribution >= 4 is 33.3 Å². The van der Waals surface area contributed by atoms with Crippen molar-refractivity contribution in [1.82, 2.24) is 0 Å². The average Bonchev–Trinajstić information content (AvgIpc) is 2.95. The summed E-state index contributed by atoms with van der Waals surface area (Å²) >= 11 is 0. The van der Waals surface area contributed by atoms with Gasteiger partial charge in [0.2, 0.25) is 0 Å². The fraction of sp³-hybridized carbons (Fsp3) is 0.259. The summed E-state index contributed by atoms with van der Waals surface area (Å²) in [7, 11) is 0.615. The number of rotatable bonds is 13. The minimum Gasteiger partial charge on any atom is -0.494 e. The number of ether oxygens (including phenoxy) is 5. The first-order valence-corrected chi connectivity index (χ1v) is 13.2. The first-order chi connectivity index (χ1) is 18.7. The maximum atomic E-state index is 13.0. The average molecular weight is 559 g/mol. The van der Waals surface area contributed by atoms with E-state index < -0.39 is 35.1 Å². The first kappa shape index (κ1) is 29.1. The zero-order chi connectivity index (χ0) is 28.4. The monoisotopic (exact) mass is 558 g/mol. The summed E-state index contributed by atoms with van der Waals surface area (Å²) in [5.41, 5.74) is 0.838. The third kappa shape index (κ3) is 7.77. The van der Waals surface area contributed by atoms with Gasteiger partial charge in [-0.15, -0.1) is 0 Å². The summed E-state index contributed by atoms with van der Waals surface area (Å²) < 4.78 is 53.1. The highest BCUT2D eigenvalue weighted by molar-refractivity contribution is 7.92. The van der Waals surface area contributed by atoms with Crippen LogP contribution in [0, 0.1) is 0 Å². The second-order valence-corrected chi connectivity index (χ2v) is 9.91. The Bertz CT molecular complexity index is 1380. The quantitative estimate of drug-likeness (QED) is 0.313. The molecule has 39 heavy (non-hydrogen) atoms. The molecule has 0 heterocycles. The number of nitrogens with one attached hydrogen (secondary N) is 1. The summed E-state index contributed by atoms with van der Waals surface area (Å²) in [5, 5.41) is 2.59. The van der Waals surface area contributed by atoms with E-state index in [2.05, 4.69) is 5.32 Å². The van der Waals surface area contributed by atoms with Crippen molar-refractivity contribution in [3.8, 4) is 23.0 Å². The van der Waals surface area contributed by atoms with Crippen LogP contribution in [0.2, 0.25) is 0 Å². The van der Waals surface area contributed by atoms with Crippen LogP contribution in [0.4, 0.5) is 11.4 Å². The molecule has 0 saturated heterocycles. The Hall–Kier alpha value is -4.45. The van der Waals surface area contributed by atoms with Crippen molar-refractivity contribution in [2.45, 2.75) is 11.8 Å². The number of nitrogens with zero attached hydrogens (tertiary/aromatic N) is 1. The zero-order valence-corrected chi connectivity index (χ0v) is 22.8. The number of hydrogen-bond donors (Lipinski definition) is 1. The lowest BCUT2D eigenvalue weighted by atomic mass is 10.2. The van der Waals surface area contributed by atoms with Gasteiger partial charge in [0.15, 0.2) is 24.7 Å². The number of amides is 1. The molecule has 0 spiro atoms. The highest BCUT2D eigenvalue weighted by atomic mass is 32.2. The molecule has 1 N–H and O–H groups in total. The van der Waals surface area contributed by atoms with Crippen molar-refractivity contribution in [1.29, 1.82) is 0 Å². The predicted octanol–water partition coefficient (Wildman–Crippen LogP) is 3.49. The molecule has 0 atom stereocenters. The topological polar surface area (TPSA) is 130 Å². The van der Waals surface area contributed by atoms with Gasteiger partial charge in [0.25, 0.3) is 15.9 Å². The summed E-state index contributed by atoms with van der Waals surface area (Å²) in [5.74, 6) is 0.545. The molecule has 208 valence electrons. The lowest BCUT2D eigenvalue weighted by Gasteiger charge is -2.20. The van der Waals surface area contributed by atoms with Crippen LogP contribution in [0.5, 0.6) is 23.0 Å². The molecule has 3 aromatic carbocycles. The summed E-state index contributed by atoms with van der Waals surface area (Å²) in [6, 6.07) is 17.1. The minimum atomic E-state index is -3.80. The van der Waals surface area contributed by atoms with E-state index >= 15 is 0 Å². The molecule has 12 heteroatoms. The Balaban J connectivity index is 1.48. The molecule has 0 aliphatic heterocycles. The number of esters is 1. The van der Waals surface area contributed by atoms with Crippen molar-refractivity contribution in [3.63, 3.8) is 0 Å². The van der Waals surface area contributed by atoms with Crippen LogP contribution in [0.1, 0.15) is 6.92 Å². The Kier molecular flexibility index (Phi) is 9.98. The van der Waals surface area contributed by atoms with Crippen molar-refractivity contribution in [3.05, 3.63) is 66.7 Å². The van der Waals surface area contributed by atoms with Gasteiger partial charge in [-0.2, -0.15) is 0 Å².